The fourth-order valence-electron chi connectivity index (χ4n) is 8.14. The van der Waals surface area contributed by atoms with Crippen molar-refractivity contribution >= 4 is 17.9 Å². The topological polar surface area (TPSA) is 78.9 Å². The molecule has 0 radical (unpaired) electrons. The Morgan fingerprint density at radius 2 is 0.600 bits per heavy atom. The highest BCUT2D eigenvalue weighted by Crippen LogP contribution is 2.17. The molecule has 0 spiro atoms. The summed E-state index contributed by atoms with van der Waals surface area (Å²) in [4.78, 5) is 37.9. The standard InChI is InChI=1S/C59H106O6/c1-4-7-10-13-16-19-21-23-25-26-27-28-29-30-31-32-33-35-36-38-40-43-46-49-52-58(61)64-55-56(54-63-57(60)51-48-45-42-18-15-12-9-6-3)65-59(62)53-50-47-44-41-39-37-34-24-22-20-17-14-11-8-5-2/h8,11,17,20,24,34,39,41,56H,4-7,9-10,12-16,18-19,21-23,25-33,35-38,40,42-55H2,1-3H3/b11-8-,20-17-,34-24-,41-39-. The van der Waals surface area contributed by atoms with Crippen LogP contribution in [0.15, 0.2) is 48.6 Å². The molecule has 0 rings (SSSR count). The van der Waals surface area contributed by atoms with E-state index in [0.29, 0.717) is 19.3 Å². The number of allylic oxidation sites excluding steroid dienone is 8. The molecule has 1 unspecified atom stereocenters. The number of unbranched alkanes of at least 4 members (excludes halogenated alkanes) is 32. The number of carbonyl (C=O) groups excluding carboxylic acids is 3. The van der Waals surface area contributed by atoms with Crippen LogP contribution in [0.2, 0.25) is 0 Å². The molecule has 0 aromatic rings. The van der Waals surface area contributed by atoms with Crippen LogP contribution in [-0.4, -0.2) is 37.2 Å². The Bertz CT molecular complexity index is 1140. The molecule has 6 heteroatoms. The highest BCUT2D eigenvalue weighted by Gasteiger charge is 2.19. The third-order valence-electron chi connectivity index (χ3n) is 12.3. The second-order valence-corrected chi connectivity index (χ2v) is 18.8. The normalized spacial score (nSPS) is 12.4. The van der Waals surface area contributed by atoms with E-state index in [0.717, 1.165) is 77.0 Å². The Kier molecular flexibility index (Phi) is 51.8. The molecule has 0 bridgehead atoms. The minimum Gasteiger partial charge on any atom is -0.462 e. The number of ether oxygens (including phenoxy) is 3. The molecule has 0 saturated carbocycles. The van der Waals surface area contributed by atoms with Gasteiger partial charge in [0.25, 0.3) is 0 Å². The highest BCUT2D eigenvalue weighted by atomic mass is 16.6. The molecule has 0 N–H and O–H groups in total. The van der Waals surface area contributed by atoms with Crippen molar-refractivity contribution < 1.29 is 28.6 Å². The van der Waals surface area contributed by atoms with Crippen molar-refractivity contribution in [3.05, 3.63) is 48.6 Å². The third-order valence-corrected chi connectivity index (χ3v) is 12.3. The van der Waals surface area contributed by atoms with Crippen LogP contribution in [0.4, 0.5) is 0 Å². The zero-order valence-corrected chi connectivity index (χ0v) is 43.3. The molecule has 0 amide bonds. The number of rotatable bonds is 51. The number of hydrogen-bond donors (Lipinski definition) is 0. The van der Waals surface area contributed by atoms with Crippen molar-refractivity contribution in [3.8, 4) is 0 Å². The molecule has 0 aromatic carbocycles. The second-order valence-electron chi connectivity index (χ2n) is 18.8. The van der Waals surface area contributed by atoms with Crippen LogP contribution in [0.25, 0.3) is 0 Å². The number of carbonyl (C=O) groups is 3. The lowest BCUT2D eigenvalue weighted by Crippen LogP contribution is -2.30. The van der Waals surface area contributed by atoms with E-state index in [9.17, 15) is 14.4 Å². The van der Waals surface area contributed by atoms with Crippen molar-refractivity contribution in [1.82, 2.24) is 0 Å². The van der Waals surface area contributed by atoms with Gasteiger partial charge in [-0.2, -0.15) is 0 Å². The zero-order chi connectivity index (χ0) is 47.2. The van der Waals surface area contributed by atoms with Gasteiger partial charge in [-0.15, -0.1) is 0 Å². The molecule has 0 fully saturated rings. The van der Waals surface area contributed by atoms with Crippen LogP contribution in [0.5, 0.6) is 0 Å². The first-order valence-corrected chi connectivity index (χ1v) is 28.1. The summed E-state index contributed by atoms with van der Waals surface area (Å²) in [7, 11) is 0. The van der Waals surface area contributed by atoms with Crippen molar-refractivity contribution in [2.24, 2.45) is 0 Å². The minimum atomic E-state index is -0.789. The molecule has 65 heavy (non-hydrogen) atoms. The molecule has 1 atom stereocenters. The lowest BCUT2D eigenvalue weighted by atomic mass is 10.0. The lowest BCUT2D eigenvalue weighted by Gasteiger charge is -2.18. The molecule has 6 nitrogen and oxygen atoms in total. The van der Waals surface area contributed by atoms with Crippen LogP contribution in [0, 0.1) is 0 Å². The maximum absolute atomic E-state index is 12.8. The van der Waals surface area contributed by atoms with E-state index in [1.807, 2.05) is 0 Å². The Hall–Kier alpha value is -2.63. The van der Waals surface area contributed by atoms with Crippen LogP contribution >= 0.6 is 0 Å². The molecule has 0 aromatic heterocycles. The predicted octanol–water partition coefficient (Wildman–Crippen LogP) is 18.7. The highest BCUT2D eigenvalue weighted by molar-refractivity contribution is 5.71. The minimum absolute atomic E-state index is 0.0863. The van der Waals surface area contributed by atoms with Gasteiger partial charge in [-0.05, 0) is 57.8 Å². The summed E-state index contributed by atoms with van der Waals surface area (Å²) in [5.41, 5.74) is 0. The summed E-state index contributed by atoms with van der Waals surface area (Å²) < 4.78 is 16.7. The summed E-state index contributed by atoms with van der Waals surface area (Å²) in [6.45, 7) is 6.49. The van der Waals surface area contributed by atoms with Gasteiger partial charge in [0.15, 0.2) is 6.10 Å². The summed E-state index contributed by atoms with van der Waals surface area (Å²) in [6.07, 6.45) is 65.6. The Labute approximate surface area is 403 Å². The average Bonchev–Trinajstić information content (AvgIpc) is 3.30. The van der Waals surface area contributed by atoms with E-state index in [1.54, 1.807) is 0 Å². The van der Waals surface area contributed by atoms with Gasteiger partial charge in [0.1, 0.15) is 13.2 Å². The van der Waals surface area contributed by atoms with E-state index in [1.165, 1.54) is 167 Å². The van der Waals surface area contributed by atoms with Gasteiger partial charge in [-0.3, -0.25) is 14.4 Å². The zero-order valence-electron chi connectivity index (χ0n) is 43.3. The molecule has 0 aliphatic carbocycles. The summed E-state index contributed by atoms with van der Waals surface area (Å²) in [6, 6.07) is 0. The maximum Gasteiger partial charge on any atom is 0.306 e. The van der Waals surface area contributed by atoms with E-state index < -0.39 is 6.10 Å². The van der Waals surface area contributed by atoms with E-state index >= 15 is 0 Å². The van der Waals surface area contributed by atoms with Gasteiger partial charge in [0.05, 0.1) is 0 Å². The van der Waals surface area contributed by atoms with Crippen molar-refractivity contribution in [2.45, 2.75) is 297 Å². The molecule has 0 aliphatic rings. The maximum atomic E-state index is 12.8. The number of hydrogen-bond acceptors (Lipinski definition) is 6. The smallest absolute Gasteiger partial charge is 0.306 e. The van der Waals surface area contributed by atoms with Gasteiger partial charge in [-0.25, -0.2) is 0 Å². The average molecular weight is 911 g/mol. The molecular weight excluding hydrogens is 805 g/mol. The monoisotopic (exact) mass is 911 g/mol. The summed E-state index contributed by atoms with van der Waals surface area (Å²) in [5.74, 6) is -0.921. The summed E-state index contributed by atoms with van der Waals surface area (Å²) in [5, 5.41) is 0. The van der Waals surface area contributed by atoms with Crippen LogP contribution in [0.3, 0.4) is 0 Å². The van der Waals surface area contributed by atoms with E-state index in [2.05, 4.69) is 69.4 Å². The van der Waals surface area contributed by atoms with Gasteiger partial charge in [-0.1, -0.05) is 262 Å². The molecule has 378 valence electrons. The van der Waals surface area contributed by atoms with E-state index in [-0.39, 0.29) is 37.5 Å². The quantitative estimate of drug-likeness (QED) is 0.0262. The first-order chi connectivity index (χ1) is 32.0. The predicted molar refractivity (Wildman–Crippen MR) is 279 cm³/mol. The van der Waals surface area contributed by atoms with Gasteiger partial charge >= 0.3 is 17.9 Å². The SMILES string of the molecule is CC/C=C\C/C=C\C/C=C\C/C=C\CCCCC(=O)OC(COC(=O)CCCCCCCCCC)COC(=O)CCCCCCCCCCCCCCCCCCCCCCCCCC. The van der Waals surface area contributed by atoms with Crippen molar-refractivity contribution in [2.75, 3.05) is 13.2 Å². The summed E-state index contributed by atoms with van der Waals surface area (Å²) >= 11 is 0. The Balaban J connectivity index is 4.18. The lowest BCUT2D eigenvalue weighted by molar-refractivity contribution is -0.167. The van der Waals surface area contributed by atoms with Gasteiger partial charge in [0, 0.05) is 19.3 Å². The fraction of sp³-hybridized carbons (Fsp3) is 0.814. The second kappa shape index (κ2) is 54.0. The largest absolute Gasteiger partial charge is 0.462 e. The first-order valence-electron chi connectivity index (χ1n) is 28.1. The Morgan fingerprint density at radius 3 is 0.938 bits per heavy atom. The van der Waals surface area contributed by atoms with Gasteiger partial charge < -0.3 is 14.2 Å². The first kappa shape index (κ1) is 62.4. The molecule has 0 aliphatic heterocycles. The molecule has 0 heterocycles. The van der Waals surface area contributed by atoms with Crippen molar-refractivity contribution in [1.29, 1.82) is 0 Å². The third kappa shape index (κ3) is 52.2. The fourth-order valence-corrected chi connectivity index (χ4v) is 8.14. The van der Waals surface area contributed by atoms with Crippen LogP contribution in [-0.2, 0) is 28.6 Å². The van der Waals surface area contributed by atoms with Crippen LogP contribution < -0.4 is 0 Å². The van der Waals surface area contributed by atoms with Crippen LogP contribution in [0.1, 0.15) is 290 Å². The molecular formula is C59H106O6. The Morgan fingerprint density at radius 1 is 0.323 bits per heavy atom. The number of esters is 3. The van der Waals surface area contributed by atoms with E-state index in [4.69, 9.17) is 14.2 Å². The van der Waals surface area contributed by atoms with Gasteiger partial charge in [0.2, 0.25) is 0 Å². The van der Waals surface area contributed by atoms with Crippen molar-refractivity contribution in [3.63, 3.8) is 0 Å². The molecule has 0 saturated heterocycles.